The molecule has 1 atom stereocenters. The summed E-state index contributed by atoms with van der Waals surface area (Å²) < 4.78 is 6.42. The summed E-state index contributed by atoms with van der Waals surface area (Å²) in [5, 5.41) is 1.29. The van der Waals surface area contributed by atoms with Gasteiger partial charge in [-0.25, -0.2) is 4.79 Å². The lowest BCUT2D eigenvalue weighted by atomic mass is 9.86. The molecule has 3 nitrogen and oxygen atoms in total. The van der Waals surface area contributed by atoms with Gasteiger partial charge in [0, 0.05) is 27.1 Å². The Morgan fingerprint density at radius 3 is 2.91 bits per heavy atom. The third-order valence-electron chi connectivity index (χ3n) is 4.10. The second-order valence-corrected chi connectivity index (χ2v) is 8.08. The van der Waals surface area contributed by atoms with Crippen molar-refractivity contribution in [3.8, 4) is 0 Å². The van der Waals surface area contributed by atoms with Gasteiger partial charge in [-0.3, -0.25) is 0 Å². The van der Waals surface area contributed by atoms with Crippen molar-refractivity contribution in [2.45, 2.75) is 45.6 Å². The first-order valence-corrected chi connectivity index (χ1v) is 8.81. The Labute approximate surface area is 145 Å². The van der Waals surface area contributed by atoms with E-state index in [1.807, 2.05) is 26.8 Å². The lowest BCUT2D eigenvalue weighted by molar-refractivity contribution is -0.148. The smallest absolute Gasteiger partial charge is 0.330 e. The van der Waals surface area contributed by atoms with Crippen molar-refractivity contribution in [1.82, 2.24) is 4.98 Å². The molecule has 1 aliphatic carbocycles. The number of aryl methyl sites for hydroxylation is 1. The van der Waals surface area contributed by atoms with E-state index in [0.29, 0.717) is 5.92 Å². The van der Waals surface area contributed by atoms with Crippen LogP contribution >= 0.6 is 15.9 Å². The van der Waals surface area contributed by atoms with Crippen molar-refractivity contribution in [3.05, 3.63) is 46.1 Å². The van der Waals surface area contributed by atoms with Gasteiger partial charge in [-0.1, -0.05) is 28.1 Å². The molecular weight excluding hydrogens is 354 g/mol. The fourth-order valence-electron chi connectivity index (χ4n) is 3.14. The summed E-state index contributed by atoms with van der Waals surface area (Å²) in [6.07, 6.45) is 6.64. The Bertz CT molecular complexity index is 768. The number of aromatic nitrogens is 1. The van der Waals surface area contributed by atoms with Crippen LogP contribution < -0.4 is 0 Å². The predicted octanol–water partition coefficient (Wildman–Crippen LogP) is 4.93. The van der Waals surface area contributed by atoms with Gasteiger partial charge < -0.3 is 9.72 Å². The van der Waals surface area contributed by atoms with E-state index >= 15 is 0 Å². The Morgan fingerprint density at radius 2 is 2.17 bits per heavy atom. The van der Waals surface area contributed by atoms with Crippen LogP contribution in [-0.2, 0) is 22.4 Å². The quantitative estimate of drug-likeness (QED) is 0.596. The van der Waals surface area contributed by atoms with Gasteiger partial charge in [0.2, 0.25) is 0 Å². The highest BCUT2D eigenvalue weighted by Crippen LogP contribution is 2.33. The Kier molecular flexibility index (Phi) is 4.37. The van der Waals surface area contributed by atoms with E-state index in [1.165, 1.54) is 22.2 Å². The number of carbonyl (C=O) groups is 1. The molecule has 2 aromatic rings. The molecule has 4 heteroatoms. The molecule has 0 aliphatic heterocycles. The van der Waals surface area contributed by atoms with Crippen molar-refractivity contribution >= 4 is 32.8 Å². The minimum atomic E-state index is -0.439. The first-order chi connectivity index (χ1) is 10.8. The number of aromatic amines is 1. The van der Waals surface area contributed by atoms with Crippen molar-refractivity contribution in [1.29, 1.82) is 0 Å². The van der Waals surface area contributed by atoms with E-state index in [9.17, 15) is 4.79 Å². The van der Waals surface area contributed by atoms with E-state index in [-0.39, 0.29) is 5.97 Å². The van der Waals surface area contributed by atoms with E-state index < -0.39 is 5.60 Å². The van der Waals surface area contributed by atoms with Crippen LogP contribution in [0.15, 0.2) is 34.8 Å². The molecule has 1 N–H and O–H groups in total. The monoisotopic (exact) mass is 375 g/mol. The number of halogens is 1. The van der Waals surface area contributed by atoms with Crippen LogP contribution in [0.1, 0.15) is 38.4 Å². The summed E-state index contributed by atoms with van der Waals surface area (Å²) in [4.78, 5) is 15.4. The maximum Gasteiger partial charge on any atom is 0.330 e. The second-order valence-electron chi connectivity index (χ2n) is 7.17. The number of benzene rings is 1. The molecule has 1 aliphatic rings. The number of esters is 1. The fourth-order valence-corrected chi connectivity index (χ4v) is 3.50. The van der Waals surface area contributed by atoms with Gasteiger partial charge in [-0.2, -0.15) is 0 Å². The molecular formula is C19H22BrNO2. The van der Waals surface area contributed by atoms with Crippen LogP contribution in [0.4, 0.5) is 0 Å². The standard InChI is InChI=1S/C19H22BrNO2/c1-19(2,3)23-18(22)9-5-12-4-8-16-15(10-12)14-7-6-13(20)11-17(14)21-16/h5-7,9,11-12,21H,4,8,10H2,1-3H3/b9-5-. The summed E-state index contributed by atoms with van der Waals surface area (Å²) in [6.45, 7) is 5.65. The number of hydrogen-bond donors (Lipinski definition) is 1. The van der Waals surface area contributed by atoms with Gasteiger partial charge in [0.15, 0.2) is 0 Å². The SMILES string of the molecule is CC(C)(C)OC(=O)/C=C\C1CCc2[nH]c3cc(Br)ccc3c2C1. The number of H-pyrrole nitrogens is 1. The number of hydrogen-bond acceptors (Lipinski definition) is 2. The summed E-state index contributed by atoms with van der Waals surface area (Å²) in [5.41, 5.74) is 3.46. The average Bonchev–Trinajstić information content (AvgIpc) is 2.80. The van der Waals surface area contributed by atoms with Crippen LogP contribution in [-0.4, -0.2) is 16.6 Å². The third kappa shape index (κ3) is 3.86. The fraction of sp³-hybridized carbons (Fsp3) is 0.421. The van der Waals surface area contributed by atoms with Gasteiger partial charge in [0.25, 0.3) is 0 Å². The summed E-state index contributed by atoms with van der Waals surface area (Å²) in [7, 11) is 0. The summed E-state index contributed by atoms with van der Waals surface area (Å²) in [5.74, 6) is 0.129. The zero-order valence-electron chi connectivity index (χ0n) is 13.8. The van der Waals surface area contributed by atoms with Crippen LogP contribution in [0.2, 0.25) is 0 Å². The maximum absolute atomic E-state index is 11.8. The van der Waals surface area contributed by atoms with Gasteiger partial charge in [-0.15, -0.1) is 0 Å². The zero-order chi connectivity index (χ0) is 16.6. The Balaban J connectivity index is 1.75. The number of nitrogens with one attached hydrogen (secondary N) is 1. The highest BCUT2D eigenvalue weighted by molar-refractivity contribution is 9.10. The molecule has 0 bridgehead atoms. The normalized spacial score (nSPS) is 18.3. The molecule has 1 unspecified atom stereocenters. The predicted molar refractivity (Wildman–Crippen MR) is 96.5 cm³/mol. The molecule has 0 saturated heterocycles. The number of allylic oxidation sites excluding steroid dienone is 1. The lowest BCUT2D eigenvalue weighted by Crippen LogP contribution is -2.22. The molecule has 1 heterocycles. The minimum Gasteiger partial charge on any atom is -0.457 e. The van der Waals surface area contributed by atoms with Gasteiger partial charge in [0.1, 0.15) is 5.60 Å². The summed E-state index contributed by atoms with van der Waals surface area (Å²) >= 11 is 3.52. The molecule has 23 heavy (non-hydrogen) atoms. The largest absolute Gasteiger partial charge is 0.457 e. The van der Waals surface area contributed by atoms with Crippen LogP contribution in [0.25, 0.3) is 10.9 Å². The highest BCUT2D eigenvalue weighted by Gasteiger charge is 2.21. The molecule has 0 amide bonds. The number of fused-ring (bicyclic) bond motifs is 3. The van der Waals surface area contributed by atoms with E-state index in [0.717, 1.165) is 23.7 Å². The topological polar surface area (TPSA) is 42.1 Å². The number of rotatable bonds is 2. The molecule has 0 spiro atoms. The van der Waals surface area contributed by atoms with Crippen LogP contribution in [0.5, 0.6) is 0 Å². The maximum atomic E-state index is 11.8. The zero-order valence-corrected chi connectivity index (χ0v) is 15.4. The Morgan fingerprint density at radius 1 is 1.39 bits per heavy atom. The molecule has 0 fully saturated rings. The number of ether oxygens (including phenoxy) is 1. The lowest BCUT2D eigenvalue weighted by Gasteiger charge is -2.20. The molecule has 1 aromatic carbocycles. The first-order valence-electron chi connectivity index (χ1n) is 8.02. The number of carbonyl (C=O) groups excluding carboxylic acids is 1. The first kappa shape index (κ1) is 16.3. The van der Waals surface area contributed by atoms with Crippen LogP contribution in [0.3, 0.4) is 0 Å². The van der Waals surface area contributed by atoms with Crippen LogP contribution in [0, 0.1) is 5.92 Å². The third-order valence-corrected chi connectivity index (χ3v) is 4.59. The van der Waals surface area contributed by atoms with E-state index in [4.69, 9.17) is 4.74 Å². The Hall–Kier alpha value is -1.55. The van der Waals surface area contributed by atoms with Crippen molar-refractivity contribution in [3.63, 3.8) is 0 Å². The van der Waals surface area contributed by atoms with Crippen molar-refractivity contribution < 1.29 is 9.53 Å². The van der Waals surface area contributed by atoms with E-state index in [2.05, 4.69) is 39.1 Å². The molecule has 0 saturated carbocycles. The average molecular weight is 376 g/mol. The van der Waals surface area contributed by atoms with Crippen molar-refractivity contribution in [2.24, 2.45) is 5.92 Å². The minimum absolute atomic E-state index is 0.258. The molecule has 3 rings (SSSR count). The van der Waals surface area contributed by atoms with E-state index in [1.54, 1.807) is 6.08 Å². The molecule has 122 valence electrons. The second kappa shape index (κ2) is 6.16. The summed E-state index contributed by atoms with van der Waals surface area (Å²) in [6, 6.07) is 6.37. The van der Waals surface area contributed by atoms with Gasteiger partial charge >= 0.3 is 5.97 Å². The van der Waals surface area contributed by atoms with Gasteiger partial charge in [-0.05, 0) is 63.6 Å². The van der Waals surface area contributed by atoms with Gasteiger partial charge in [0.05, 0.1) is 0 Å². The van der Waals surface area contributed by atoms with Crippen molar-refractivity contribution in [2.75, 3.05) is 0 Å². The molecule has 1 aromatic heterocycles. The highest BCUT2D eigenvalue weighted by atomic mass is 79.9. The molecule has 0 radical (unpaired) electrons.